The summed E-state index contributed by atoms with van der Waals surface area (Å²) in [4.78, 5) is 22.3. The zero-order valence-corrected chi connectivity index (χ0v) is 22.6. The average molecular weight is 548 g/mol. The number of morpholine rings is 1. The fraction of sp³-hybridized carbons (Fsp3) is 0.161. The monoisotopic (exact) mass is 547 g/mol. The highest BCUT2D eigenvalue weighted by atomic mass is 32.1. The van der Waals surface area contributed by atoms with Crippen molar-refractivity contribution >= 4 is 37.7 Å². The first-order chi connectivity index (χ1) is 19.7. The summed E-state index contributed by atoms with van der Waals surface area (Å²) in [5.74, 6) is 1.31. The zero-order chi connectivity index (χ0) is 27.1. The van der Waals surface area contributed by atoms with E-state index in [1.165, 1.54) is 11.3 Å². The minimum atomic E-state index is -0.139. The predicted octanol–water partition coefficient (Wildman–Crippen LogP) is 5.57. The number of methoxy groups -OCH3 is 1. The van der Waals surface area contributed by atoms with E-state index in [1.807, 2.05) is 72.8 Å². The minimum Gasteiger partial charge on any atom is -0.497 e. The van der Waals surface area contributed by atoms with E-state index in [1.54, 1.807) is 11.7 Å². The molecule has 0 atom stereocenters. The van der Waals surface area contributed by atoms with Crippen molar-refractivity contribution in [1.29, 1.82) is 0 Å². The fourth-order valence-corrected chi connectivity index (χ4v) is 6.19. The lowest BCUT2D eigenvalue weighted by atomic mass is 9.97. The van der Waals surface area contributed by atoms with E-state index >= 15 is 0 Å². The van der Waals surface area contributed by atoms with Crippen LogP contribution in [0.2, 0.25) is 0 Å². The Morgan fingerprint density at radius 3 is 2.20 bits per heavy atom. The number of benzene rings is 3. The first-order valence-corrected chi connectivity index (χ1v) is 13.9. The molecule has 0 aliphatic carbocycles. The van der Waals surface area contributed by atoms with Crippen LogP contribution in [0.15, 0.2) is 89.7 Å². The van der Waals surface area contributed by atoms with Crippen LogP contribution in [0, 0.1) is 0 Å². The highest BCUT2D eigenvalue weighted by molar-refractivity contribution is 7.25. The molecule has 1 saturated heterocycles. The van der Waals surface area contributed by atoms with E-state index in [-0.39, 0.29) is 5.56 Å². The summed E-state index contributed by atoms with van der Waals surface area (Å²) >= 11 is 1.34. The van der Waals surface area contributed by atoms with Crippen molar-refractivity contribution in [3.63, 3.8) is 0 Å². The Bertz CT molecular complexity index is 1880. The second-order valence-corrected chi connectivity index (χ2v) is 10.5. The predicted molar refractivity (Wildman–Crippen MR) is 159 cm³/mol. The molecular formula is C31H25N5O3S. The van der Waals surface area contributed by atoms with Gasteiger partial charge in [0.15, 0.2) is 0 Å². The maximum absolute atomic E-state index is 14.3. The maximum atomic E-state index is 14.3. The topological polar surface area (TPSA) is 82.4 Å². The SMILES string of the molecule is COc1ccc(-n2c(N3CCOCC3)nc3c(sc4nnc(-c5ccccc5)c(-c5ccccc5)c43)c2=O)cc1. The van der Waals surface area contributed by atoms with Crippen molar-refractivity contribution < 1.29 is 9.47 Å². The third-order valence-corrected chi connectivity index (χ3v) is 8.19. The van der Waals surface area contributed by atoms with Crippen LogP contribution in [0.3, 0.4) is 0 Å². The van der Waals surface area contributed by atoms with E-state index in [9.17, 15) is 4.79 Å². The largest absolute Gasteiger partial charge is 0.497 e. The van der Waals surface area contributed by atoms with Crippen LogP contribution in [0.1, 0.15) is 0 Å². The van der Waals surface area contributed by atoms with E-state index in [4.69, 9.17) is 14.5 Å². The molecule has 0 saturated carbocycles. The number of fused-ring (bicyclic) bond motifs is 3. The Labute approximate surface area is 234 Å². The molecule has 9 heteroatoms. The lowest BCUT2D eigenvalue weighted by Crippen LogP contribution is -2.40. The Hall–Kier alpha value is -4.60. The highest BCUT2D eigenvalue weighted by Crippen LogP contribution is 2.42. The van der Waals surface area contributed by atoms with Gasteiger partial charge in [-0.15, -0.1) is 21.5 Å². The van der Waals surface area contributed by atoms with Crippen molar-refractivity contribution in [2.24, 2.45) is 0 Å². The molecule has 1 aliphatic heterocycles. The van der Waals surface area contributed by atoms with Gasteiger partial charge in [0.25, 0.3) is 5.56 Å². The van der Waals surface area contributed by atoms with E-state index in [2.05, 4.69) is 27.2 Å². The highest BCUT2D eigenvalue weighted by Gasteiger charge is 2.26. The van der Waals surface area contributed by atoms with E-state index in [0.717, 1.165) is 39.2 Å². The summed E-state index contributed by atoms with van der Waals surface area (Å²) in [6, 6.07) is 27.6. The molecule has 3 aromatic carbocycles. The van der Waals surface area contributed by atoms with E-state index < -0.39 is 0 Å². The van der Waals surface area contributed by atoms with Crippen LogP contribution in [-0.2, 0) is 4.74 Å². The zero-order valence-electron chi connectivity index (χ0n) is 21.8. The molecule has 3 aromatic heterocycles. The third-order valence-electron chi connectivity index (χ3n) is 7.14. The van der Waals surface area contributed by atoms with Crippen molar-refractivity contribution in [2.45, 2.75) is 0 Å². The lowest BCUT2D eigenvalue weighted by Gasteiger charge is -2.29. The number of anilines is 1. The smallest absolute Gasteiger partial charge is 0.277 e. The molecule has 8 nitrogen and oxygen atoms in total. The summed E-state index contributed by atoms with van der Waals surface area (Å²) < 4.78 is 13.2. The summed E-state index contributed by atoms with van der Waals surface area (Å²) in [6.07, 6.45) is 0. The van der Waals surface area contributed by atoms with Gasteiger partial charge >= 0.3 is 0 Å². The molecule has 0 bridgehead atoms. The molecule has 198 valence electrons. The van der Waals surface area contributed by atoms with Gasteiger partial charge in [-0.25, -0.2) is 9.55 Å². The molecule has 40 heavy (non-hydrogen) atoms. The van der Waals surface area contributed by atoms with Crippen LogP contribution in [0.5, 0.6) is 5.75 Å². The number of nitrogens with zero attached hydrogens (tertiary/aromatic N) is 5. The van der Waals surface area contributed by atoms with Crippen molar-refractivity contribution in [3.8, 4) is 33.8 Å². The fourth-order valence-electron chi connectivity index (χ4n) is 5.19. The van der Waals surface area contributed by atoms with Crippen LogP contribution in [-0.4, -0.2) is 53.2 Å². The quantitative estimate of drug-likeness (QED) is 0.279. The molecule has 4 heterocycles. The van der Waals surface area contributed by atoms with Gasteiger partial charge in [-0.05, 0) is 29.8 Å². The van der Waals surface area contributed by atoms with Crippen LogP contribution in [0.4, 0.5) is 5.95 Å². The lowest BCUT2D eigenvalue weighted by molar-refractivity contribution is 0.122. The molecule has 0 unspecified atom stereocenters. The minimum absolute atomic E-state index is 0.139. The van der Waals surface area contributed by atoms with E-state index in [0.29, 0.717) is 47.3 Å². The van der Waals surface area contributed by atoms with Gasteiger partial charge in [0, 0.05) is 29.6 Å². The first kappa shape index (κ1) is 24.4. The number of hydrogen-bond donors (Lipinski definition) is 0. The van der Waals surface area contributed by atoms with Crippen LogP contribution < -0.4 is 15.2 Å². The molecule has 0 N–H and O–H groups in total. The molecule has 1 aliphatic rings. The Morgan fingerprint density at radius 2 is 1.52 bits per heavy atom. The van der Waals surface area contributed by atoms with Gasteiger partial charge in [-0.3, -0.25) is 4.79 Å². The number of ether oxygens (including phenoxy) is 2. The summed E-state index contributed by atoms with van der Waals surface area (Å²) in [5, 5.41) is 10.1. The number of thiophene rings is 1. The molecule has 0 spiro atoms. The second-order valence-electron chi connectivity index (χ2n) is 9.47. The molecule has 0 radical (unpaired) electrons. The summed E-state index contributed by atoms with van der Waals surface area (Å²) in [5.41, 5.74) is 4.85. The average Bonchev–Trinajstić information content (AvgIpc) is 3.41. The number of rotatable bonds is 5. The van der Waals surface area contributed by atoms with Gasteiger partial charge in [0.2, 0.25) is 5.95 Å². The Balaban J connectivity index is 1.58. The Kier molecular flexibility index (Phi) is 6.22. The van der Waals surface area contributed by atoms with Gasteiger partial charge in [0.05, 0.1) is 26.0 Å². The van der Waals surface area contributed by atoms with Crippen molar-refractivity contribution in [1.82, 2.24) is 19.7 Å². The van der Waals surface area contributed by atoms with Crippen LogP contribution >= 0.6 is 11.3 Å². The van der Waals surface area contributed by atoms with Gasteiger partial charge < -0.3 is 14.4 Å². The van der Waals surface area contributed by atoms with Crippen molar-refractivity contribution in [2.75, 3.05) is 38.3 Å². The van der Waals surface area contributed by atoms with Gasteiger partial charge in [0.1, 0.15) is 26.5 Å². The summed E-state index contributed by atoms with van der Waals surface area (Å²) in [6.45, 7) is 2.41. The maximum Gasteiger partial charge on any atom is 0.277 e. The first-order valence-electron chi connectivity index (χ1n) is 13.1. The normalized spacial score (nSPS) is 13.7. The Morgan fingerprint density at radius 1 is 0.850 bits per heavy atom. The third kappa shape index (κ3) is 4.11. The van der Waals surface area contributed by atoms with Crippen LogP contribution in [0.25, 0.3) is 48.5 Å². The molecule has 7 rings (SSSR count). The van der Waals surface area contributed by atoms with Gasteiger partial charge in [-0.1, -0.05) is 60.7 Å². The number of hydrogen-bond acceptors (Lipinski definition) is 8. The van der Waals surface area contributed by atoms with Gasteiger partial charge in [-0.2, -0.15) is 0 Å². The molecule has 1 fully saturated rings. The second kappa shape index (κ2) is 10.2. The summed E-state index contributed by atoms with van der Waals surface area (Å²) in [7, 11) is 1.63. The standard InChI is InChI=1S/C31H25N5O3S/c1-38-23-14-12-22(13-15-23)36-30(37)28-27(32-31(36)35-16-18-39-19-17-35)25-24(20-8-4-2-5-9-20)26(33-34-29(25)40-28)21-10-6-3-7-11-21/h2-15H,16-19H2,1H3. The van der Waals surface area contributed by atoms with Crippen molar-refractivity contribution in [3.05, 3.63) is 95.3 Å². The molecule has 6 aromatic rings. The number of aromatic nitrogens is 4. The molecular weight excluding hydrogens is 522 g/mol. The molecule has 0 amide bonds.